The van der Waals surface area contributed by atoms with Crippen LogP contribution in [0.3, 0.4) is 0 Å². The summed E-state index contributed by atoms with van der Waals surface area (Å²) in [5.74, 6) is 0.916. The number of nitrogens with zero attached hydrogens (tertiary/aromatic N) is 3. The number of rotatable bonds is 4. The second kappa shape index (κ2) is 7.71. The van der Waals surface area contributed by atoms with Crippen LogP contribution in [0.2, 0.25) is 0 Å². The topological polar surface area (TPSA) is 41.8 Å². The zero-order valence-corrected chi connectivity index (χ0v) is 16.5. The molecular formula is C22H28N4O. The van der Waals surface area contributed by atoms with Crippen molar-refractivity contribution in [3.8, 4) is 17.0 Å². The number of pyridine rings is 1. The zero-order chi connectivity index (χ0) is 18.8. The first-order valence-corrected chi connectivity index (χ1v) is 9.72. The Balaban J connectivity index is 1.81. The molecule has 1 aliphatic rings. The third-order valence-electron chi connectivity index (χ3n) is 5.42. The molecule has 1 N–H and O–H groups in total. The Labute approximate surface area is 161 Å². The third kappa shape index (κ3) is 3.57. The normalized spacial score (nSPS) is 15.8. The predicted octanol–water partition coefficient (Wildman–Crippen LogP) is 3.42. The van der Waals surface area contributed by atoms with Gasteiger partial charge in [0.2, 0.25) is 0 Å². The molecule has 5 heteroatoms. The number of hydrogen-bond donors (Lipinski definition) is 1. The maximum Gasteiger partial charge on any atom is 0.140 e. The van der Waals surface area contributed by atoms with E-state index < -0.39 is 0 Å². The van der Waals surface area contributed by atoms with Crippen molar-refractivity contribution in [2.45, 2.75) is 26.8 Å². The zero-order valence-electron chi connectivity index (χ0n) is 16.5. The molecule has 2 aromatic heterocycles. The van der Waals surface area contributed by atoms with Crippen LogP contribution in [0.15, 0.2) is 36.5 Å². The average molecular weight is 364 g/mol. The summed E-state index contributed by atoms with van der Waals surface area (Å²) >= 11 is 0. The first-order valence-electron chi connectivity index (χ1n) is 9.72. The van der Waals surface area contributed by atoms with Gasteiger partial charge in [0.05, 0.1) is 18.5 Å². The van der Waals surface area contributed by atoms with Gasteiger partial charge in [-0.3, -0.25) is 4.90 Å². The van der Waals surface area contributed by atoms with Crippen LogP contribution in [0.4, 0.5) is 0 Å². The molecular weight excluding hydrogens is 336 g/mol. The molecule has 0 radical (unpaired) electrons. The maximum absolute atomic E-state index is 5.44. The summed E-state index contributed by atoms with van der Waals surface area (Å²) < 4.78 is 7.71. The summed E-state index contributed by atoms with van der Waals surface area (Å²) in [6, 6.07) is 10.6. The van der Waals surface area contributed by atoms with Crippen molar-refractivity contribution in [1.29, 1.82) is 0 Å². The van der Waals surface area contributed by atoms with Gasteiger partial charge in [0.25, 0.3) is 0 Å². The highest BCUT2D eigenvalue weighted by Crippen LogP contribution is 2.30. The van der Waals surface area contributed by atoms with E-state index >= 15 is 0 Å². The number of nitrogens with one attached hydrogen (secondary N) is 1. The van der Waals surface area contributed by atoms with Crippen molar-refractivity contribution < 1.29 is 4.74 Å². The molecule has 5 nitrogen and oxygen atoms in total. The molecule has 1 aromatic carbocycles. The number of ether oxygens (including phenoxy) is 1. The van der Waals surface area contributed by atoms with E-state index in [9.17, 15) is 0 Å². The van der Waals surface area contributed by atoms with E-state index in [1.54, 1.807) is 7.11 Å². The Bertz CT molecular complexity index is 939. The van der Waals surface area contributed by atoms with Crippen molar-refractivity contribution >= 4 is 5.65 Å². The Kier molecular flexibility index (Phi) is 5.14. The summed E-state index contributed by atoms with van der Waals surface area (Å²) in [5, 5.41) is 3.49. The van der Waals surface area contributed by atoms with E-state index in [1.807, 2.05) is 6.07 Å². The first-order chi connectivity index (χ1) is 13.2. The van der Waals surface area contributed by atoms with E-state index in [1.165, 1.54) is 17.7 Å². The van der Waals surface area contributed by atoms with Crippen molar-refractivity contribution in [2.75, 3.05) is 33.3 Å². The fourth-order valence-corrected chi connectivity index (χ4v) is 3.93. The number of aryl methyl sites for hydroxylation is 2. The highest BCUT2D eigenvalue weighted by molar-refractivity contribution is 5.69. The lowest BCUT2D eigenvalue weighted by Crippen LogP contribution is -2.28. The minimum Gasteiger partial charge on any atom is -0.496 e. The molecule has 27 heavy (non-hydrogen) atoms. The SMILES string of the molecule is COc1ccc(-c2nc3c(C)cccn3c2CN2CCCNCC2)cc1C. The number of benzene rings is 1. The van der Waals surface area contributed by atoms with E-state index in [4.69, 9.17) is 9.72 Å². The second-order valence-electron chi connectivity index (χ2n) is 7.36. The maximum atomic E-state index is 5.44. The van der Waals surface area contributed by atoms with Crippen LogP contribution in [0.1, 0.15) is 23.2 Å². The fourth-order valence-electron chi connectivity index (χ4n) is 3.93. The molecule has 0 bridgehead atoms. The summed E-state index contributed by atoms with van der Waals surface area (Å²) in [4.78, 5) is 7.58. The van der Waals surface area contributed by atoms with Crippen molar-refractivity contribution in [3.05, 3.63) is 53.3 Å². The highest BCUT2D eigenvalue weighted by atomic mass is 16.5. The monoisotopic (exact) mass is 364 g/mol. The molecule has 0 aliphatic carbocycles. The van der Waals surface area contributed by atoms with E-state index in [2.05, 4.69) is 58.9 Å². The highest BCUT2D eigenvalue weighted by Gasteiger charge is 2.19. The third-order valence-corrected chi connectivity index (χ3v) is 5.42. The molecule has 0 atom stereocenters. The number of hydrogen-bond acceptors (Lipinski definition) is 4. The number of methoxy groups -OCH3 is 1. The summed E-state index contributed by atoms with van der Waals surface area (Å²) in [5.41, 5.74) is 6.87. The van der Waals surface area contributed by atoms with E-state index in [0.717, 1.165) is 60.9 Å². The van der Waals surface area contributed by atoms with Crippen molar-refractivity contribution in [3.63, 3.8) is 0 Å². The molecule has 4 rings (SSSR count). The number of imidazole rings is 1. The Morgan fingerprint density at radius 2 is 2.00 bits per heavy atom. The van der Waals surface area contributed by atoms with E-state index in [0.29, 0.717) is 0 Å². The van der Waals surface area contributed by atoms with Gasteiger partial charge in [0, 0.05) is 31.4 Å². The molecule has 0 spiro atoms. The first kappa shape index (κ1) is 18.0. The number of aromatic nitrogens is 2. The van der Waals surface area contributed by atoms with Gasteiger partial charge in [-0.05, 0) is 68.8 Å². The summed E-state index contributed by atoms with van der Waals surface area (Å²) in [6.45, 7) is 9.47. The van der Waals surface area contributed by atoms with Crippen molar-refractivity contribution in [2.24, 2.45) is 0 Å². The van der Waals surface area contributed by atoms with Crippen LogP contribution >= 0.6 is 0 Å². The van der Waals surface area contributed by atoms with Gasteiger partial charge >= 0.3 is 0 Å². The fraction of sp³-hybridized carbons (Fsp3) is 0.409. The van der Waals surface area contributed by atoms with Gasteiger partial charge < -0.3 is 14.5 Å². The van der Waals surface area contributed by atoms with Gasteiger partial charge in [-0.1, -0.05) is 6.07 Å². The quantitative estimate of drug-likeness (QED) is 0.770. The van der Waals surface area contributed by atoms with Crippen LogP contribution < -0.4 is 10.1 Å². The molecule has 1 aliphatic heterocycles. The minimum atomic E-state index is 0.909. The lowest BCUT2D eigenvalue weighted by atomic mass is 10.1. The van der Waals surface area contributed by atoms with Crippen LogP contribution in [0.25, 0.3) is 16.9 Å². The van der Waals surface area contributed by atoms with Crippen LogP contribution in [-0.4, -0.2) is 47.6 Å². The second-order valence-corrected chi connectivity index (χ2v) is 7.36. The molecule has 0 unspecified atom stereocenters. The molecule has 3 aromatic rings. The van der Waals surface area contributed by atoms with Crippen LogP contribution in [0.5, 0.6) is 5.75 Å². The average Bonchev–Trinajstić information content (AvgIpc) is 2.85. The van der Waals surface area contributed by atoms with Gasteiger partial charge in [-0.2, -0.15) is 0 Å². The Morgan fingerprint density at radius 1 is 1.11 bits per heavy atom. The van der Waals surface area contributed by atoms with E-state index in [-0.39, 0.29) is 0 Å². The lowest BCUT2D eigenvalue weighted by Gasteiger charge is -2.20. The van der Waals surface area contributed by atoms with Gasteiger partial charge in [-0.25, -0.2) is 4.98 Å². The molecule has 142 valence electrons. The molecule has 3 heterocycles. The lowest BCUT2D eigenvalue weighted by molar-refractivity contribution is 0.281. The van der Waals surface area contributed by atoms with Gasteiger partial charge in [0.1, 0.15) is 11.4 Å². The standard InChI is InChI=1S/C22H28N4O/c1-16-6-4-12-26-19(15-25-11-5-9-23-10-13-25)21(24-22(16)26)18-7-8-20(27-3)17(2)14-18/h4,6-8,12,14,23H,5,9-11,13,15H2,1-3H3. The Morgan fingerprint density at radius 3 is 2.81 bits per heavy atom. The van der Waals surface area contributed by atoms with Crippen molar-refractivity contribution in [1.82, 2.24) is 19.6 Å². The van der Waals surface area contributed by atoms with Crippen LogP contribution in [-0.2, 0) is 6.54 Å². The smallest absolute Gasteiger partial charge is 0.140 e. The van der Waals surface area contributed by atoms with Crippen LogP contribution in [0, 0.1) is 13.8 Å². The molecule has 1 saturated heterocycles. The predicted molar refractivity (Wildman–Crippen MR) is 109 cm³/mol. The molecule has 0 saturated carbocycles. The summed E-state index contributed by atoms with van der Waals surface area (Å²) in [7, 11) is 1.72. The van der Waals surface area contributed by atoms with Gasteiger partial charge in [-0.15, -0.1) is 0 Å². The van der Waals surface area contributed by atoms with Gasteiger partial charge in [0.15, 0.2) is 0 Å². The summed E-state index contributed by atoms with van der Waals surface area (Å²) in [6.07, 6.45) is 3.33. The molecule has 1 fully saturated rings. The Hall–Kier alpha value is -2.37. The number of fused-ring (bicyclic) bond motifs is 1. The largest absolute Gasteiger partial charge is 0.496 e. The minimum absolute atomic E-state index is 0.909. The molecule has 0 amide bonds.